The molecule has 0 saturated carbocycles. The molecular formula is C30H39F2N5O4. The molecule has 9 nitrogen and oxygen atoms in total. The minimum atomic E-state index is -1.42. The molecule has 11 heteroatoms. The van der Waals surface area contributed by atoms with Gasteiger partial charge < -0.3 is 30.4 Å². The number of rotatable bonds is 12. The van der Waals surface area contributed by atoms with Crippen molar-refractivity contribution >= 4 is 17.8 Å². The molecule has 2 aliphatic heterocycles. The van der Waals surface area contributed by atoms with E-state index in [0.717, 1.165) is 43.0 Å². The van der Waals surface area contributed by atoms with Crippen LogP contribution in [0, 0.1) is 11.6 Å². The van der Waals surface area contributed by atoms with Gasteiger partial charge in [-0.25, -0.2) is 13.6 Å². The molecule has 41 heavy (non-hydrogen) atoms. The molecule has 222 valence electrons. The second-order valence-electron chi connectivity index (χ2n) is 10.8. The molecule has 0 aromatic heterocycles. The number of aliphatic hydroxyl groups excluding tert-OH is 1. The van der Waals surface area contributed by atoms with E-state index in [1.54, 1.807) is 16.8 Å². The smallest absolute Gasteiger partial charge is 0.320 e. The van der Waals surface area contributed by atoms with Crippen molar-refractivity contribution in [3.8, 4) is 0 Å². The van der Waals surface area contributed by atoms with Crippen LogP contribution in [0.4, 0.5) is 13.6 Å². The Morgan fingerprint density at radius 3 is 2.46 bits per heavy atom. The number of unbranched alkanes of at least 4 members (excludes halogenated alkanes) is 2. The van der Waals surface area contributed by atoms with Gasteiger partial charge in [0.2, 0.25) is 11.8 Å². The minimum absolute atomic E-state index is 0.129. The lowest BCUT2D eigenvalue weighted by Gasteiger charge is -2.38. The van der Waals surface area contributed by atoms with E-state index in [9.17, 15) is 28.3 Å². The Balaban J connectivity index is 1.52. The maximum absolute atomic E-state index is 14.0. The number of piperazine rings is 1. The van der Waals surface area contributed by atoms with Crippen LogP contribution in [-0.2, 0) is 22.6 Å². The lowest BCUT2D eigenvalue weighted by atomic mass is 9.93. The van der Waals surface area contributed by atoms with Crippen LogP contribution in [0.2, 0.25) is 0 Å². The molecule has 2 aliphatic rings. The molecule has 4 rings (SSSR count). The molecule has 2 heterocycles. The standard InChI is InChI=1S/C30H39F2N5O4/c1-3-4-8-12-37-19-25(35(2)30(37)41)28(39)34-24(16-21-14-22(31)17-23(32)15-21)27(38)26-29(40)36(13-11-33-26)18-20-9-6-5-7-10-20/h5-7,9-10,14-15,17,24-27,33,38H,3-4,8,11-13,16,18-19H2,1-2H3,(H,34,39)/t24-,25?,26-,27-/m0/s1. The Kier molecular flexibility index (Phi) is 10.3. The second-order valence-corrected chi connectivity index (χ2v) is 10.8. The quantitative estimate of drug-likeness (QED) is 0.339. The second kappa shape index (κ2) is 13.9. The summed E-state index contributed by atoms with van der Waals surface area (Å²) in [6, 6.07) is 9.29. The zero-order valence-electron chi connectivity index (χ0n) is 23.6. The van der Waals surface area contributed by atoms with Crippen LogP contribution in [-0.4, -0.2) is 95.1 Å². The third kappa shape index (κ3) is 7.59. The molecule has 2 aromatic carbocycles. The summed E-state index contributed by atoms with van der Waals surface area (Å²) in [4.78, 5) is 44.3. The normalized spacial score (nSPS) is 20.9. The maximum Gasteiger partial charge on any atom is 0.320 e. The molecule has 1 unspecified atom stereocenters. The lowest BCUT2D eigenvalue weighted by molar-refractivity contribution is -0.141. The number of hydrogen-bond acceptors (Lipinski definition) is 5. The highest BCUT2D eigenvalue weighted by Crippen LogP contribution is 2.19. The van der Waals surface area contributed by atoms with Gasteiger partial charge in [-0.15, -0.1) is 0 Å². The largest absolute Gasteiger partial charge is 0.389 e. The molecular weight excluding hydrogens is 532 g/mol. The first-order valence-electron chi connectivity index (χ1n) is 14.2. The third-order valence-corrected chi connectivity index (χ3v) is 7.77. The number of nitrogens with one attached hydrogen (secondary N) is 2. The molecule has 0 aliphatic carbocycles. The van der Waals surface area contributed by atoms with E-state index in [1.807, 2.05) is 30.3 Å². The molecule has 3 N–H and O–H groups in total. The van der Waals surface area contributed by atoms with E-state index >= 15 is 0 Å². The summed E-state index contributed by atoms with van der Waals surface area (Å²) in [7, 11) is 1.55. The van der Waals surface area contributed by atoms with Gasteiger partial charge in [0.05, 0.1) is 18.7 Å². The number of carbonyl (C=O) groups is 3. The summed E-state index contributed by atoms with van der Waals surface area (Å²) < 4.78 is 28.0. The number of amides is 4. The number of aliphatic hydroxyl groups is 1. The zero-order chi connectivity index (χ0) is 29.5. The molecule has 2 aromatic rings. The Morgan fingerprint density at radius 1 is 1.07 bits per heavy atom. The van der Waals surface area contributed by atoms with Crippen LogP contribution in [0.3, 0.4) is 0 Å². The predicted molar refractivity (Wildman–Crippen MR) is 150 cm³/mol. The van der Waals surface area contributed by atoms with Crippen LogP contribution in [0.5, 0.6) is 0 Å². The molecule has 4 amide bonds. The van der Waals surface area contributed by atoms with Crippen LogP contribution in [0.15, 0.2) is 48.5 Å². The van der Waals surface area contributed by atoms with Gasteiger partial charge in [-0.1, -0.05) is 50.1 Å². The van der Waals surface area contributed by atoms with E-state index in [-0.39, 0.29) is 30.5 Å². The summed E-state index contributed by atoms with van der Waals surface area (Å²) in [5.41, 5.74) is 1.15. The van der Waals surface area contributed by atoms with Crippen molar-refractivity contribution in [1.82, 2.24) is 25.3 Å². The summed E-state index contributed by atoms with van der Waals surface area (Å²) in [6.45, 7) is 4.01. The minimum Gasteiger partial charge on any atom is -0.389 e. The van der Waals surface area contributed by atoms with Gasteiger partial charge in [-0.05, 0) is 36.1 Å². The number of hydrogen-bond donors (Lipinski definition) is 3. The van der Waals surface area contributed by atoms with Crippen LogP contribution in [0.1, 0.15) is 37.3 Å². The fourth-order valence-corrected chi connectivity index (χ4v) is 5.49. The fraction of sp³-hybridized carbons (Fsp3) is 0.500. The zero-order valence-corrected chi connectivity index (χ0v) is 23.6. The van der Waals surface area contributed by atoms with Crippen molar-refractivity contribution < 1.29 is 28.3 Å². The van der Waals surface area contributed by atoms with E-state index in [4.69, 9.17) is 0 Å². The molecule has 0 bridgehead atoms. The van der Waals surface area contributed by atoms with E-state index in [1.165, 1.54) is 4.90 Å². The van der Waals surface area contributed by atoms with Crippen molar-refractivity contribution in [3.63, 3.8) is 0 Å². The first-order chi connectivity index (χ1) is 19.7. The Hall–Kier alpha value is -3.57. The summed E-state index contributed by atoms with van der Waals surface area (Å²) in [5, 5.41) is 17.3. The highest BCUT2D eigenvalue weighted by molar-refractivity contribution is 5.90. The van der Waals surface area contributed by atoms with Gasteiger partial charge in [0.25, 0.3) is 0 Å². The Morgan fingerprint density at radius 2 is 1.78 bits per heavy atom. The van der Waals surface area contributed by atoms with E-state index in [0.29, 0.717) is 26.2 Å². The van der Waals surface area contributed by atoms with Gasteiger partial charge in [0.1, 0.15) is 23.7 Å². The average Bonchev–Trinajstić information content (AvgIpc) is 3.22. The third-order valence-electron chi connectivity index (χ3n) is 7.77. The lowest BCUT2D eigenvalue weighted by Crippen LogP contribution is -2.64. The summed E-state index contributed by atoms with van der Waals surface area (Å²) in [5.74, 6) is -2.43. The SMILES string of the molecule is CCCCCN1CC(C(=O)N[C@@H](Cc2cc(F)cc(F)c2)[C@H](O)[C@@H]2NCCN(Cc3ccccc3)C2=O)N(C)C1=O. The number of likely N-dealkylation sites (N-methyl/N-ethyl adjacent to an activating group) is 1. The van der Waals surface area contributed by atoms with Crippen molar-refractivity contribution in [2.24, 2.45) is 0 Å². The number of nitrogens with zero attached hydrogens (tertiary/aromatic N) is 3. The van der Waals surface area contributed by atoms with Gasteiger partial charge in [0, 0.05) is 39.3 Å². The molecule has 4 atom stereocenters. The molecule has 0 spiro atoms. The molecule has 2 saturated heterocycles. The monoisotopic (exact) mass is 571 g/mol. The number of halogens is 2. The van der Waals surface area contributed by atoms with Gasteiger partial charge in [-0.3, -0.25) is 9.59 Å². The van der Waals surface area contributed by atoms with Crippen molar-refractivity contribution in [2.45, 2.75) is 63.4 Å². The molecule has 2 fully saturated rings. The van der Waals surface area contributed by atoms with Gasteiger partial charge in [-0.2, -0.15) is 0 Å². The topological polar surface area (TPSA) is 105 Å². The first kappa shape index (κ1) is 30.4. The van der Waals surface area contributed by atoms with Crippen LogP contribution < -0.4 is 10.6 Å². The van der Waals surface area contributed by atoms with E-state index < -0.39 is 41.8 Å². The van der Waals surface area contributed by atoms with Crippen LogP contribution >= 0.6 is 0 Å². The highest BCUT2D eigenvalue weighted by atomic mass is 19.1. The Bertz CT molecular complexity index is 1200. The predicted octanol–water partition coefficient (Wildman–Crippen LogP) is 2.28. The van der Waals surface area contributed by atoms with Crippen molar-refractivity contribution in [3.05, 3.63) is 71.3 Å². The highest BCUT2D eigenvalue weighted by Gasteiger charge is 2.42. The van der Waals surface area contributed by atoms with Crippen molar-refractivity contribution in [1.29, 1.82) is 0 Å². The van der Waals surface area contributed by atoms with Gasteiger partial charge >= 0.3 is 6.03 Å². The number of urea groups is 1. The average molecular weight is 572 g/mol. The number of benzene rings is 2. The van der Waals surface area contributed by atoms with E-state index in [2.05, 4.69) is 17.6 Å². The Labute approximate surface area is 239 Å². The van der Waals surface area contributed by atoms with Crippen molar-refractivity contribution in [2.75, 3.05) is 33.2 Å². The first-order valence-corrected chi connectivity index (χ1v) is 14.2. The fourth-order valence-electron chi connectivity index (χ4n) is 5.49. The van der Waals surface area contributed by atoms with Gasteiger partial charge in [0.15, 0.2) is 0 Å². The summed E-state index contributed by atoms with van der Waals surface area (Å²) >= 11 is 0. The maximum atomic E-state index is 14.0. The van der Waals surface area contributed by atoms with Crippen LogP contribution in [0.25, 0.3) is 0 Å². The summed E-state index contributed by atoms with van der Waals surface area (Å²) in [6.07, 6.45) is 1.24. The molecule has 0 radical (unpaired) electrons. The number of carbonyl (C=O) groups excluding carboxylic acids is 3.